The Labute approximate surface area is 228 Å². The quantitative estimate of drug-likeness (QED) is 0.299. The van der Waals surface area contributed by atoms with Gasteiger partial charge in [0.15, 0.2) is 11.5 Å². The zero-order chi connectivity index (χ0) is 26.8. The van der Waals surface area contributed by atoms with Crippen LogP contribution in [0.5, 0.6) is 5.75 Å². The second-order valence-electron chi connectivity index (χ2n) is 10.2. The topological polar surface area (TPSA) is 58.6 Å². The summed E-state index contributed by atoms with van der Waals surface area (Å²) < 4.78 is 6.04. The summed E-state index contributed by atoms with van der Waals surface area (Å²) in [7, 11) is 0. The van der Waals surface area contributed by atoms with Gasteiger partial charge in [-0.1, -0.05) is 78.4 Å². The molecule has 0 aromatic heterocycles. The molecule has 4 aromatic rings. The van der Waals surface area contributed by atoms with E-state index >= 15 is 0 Å². The molecule has 39 heavy (non-hydrogen) atoms. The number of hydrogen-bond acceptors (Lipinski definition) is 3. The lowest BCUT2D eigenvalue weighted by Gasteiger charge is -2.30. The van der Waals surface area contributed by atoms with Crippen LogP contribution in [0.3, 0.4) is 0 Å². The fraction of sp³-hybridized carbons (Fsp3) is 0.176. The lowest BCUT2D eigenvalue weighted by molar-refractivity contribution is -0.117. The van der Waals surface area contributed by atoms with Gasteiger partial charge in [-0.05, 0) is 78.8 Å². The number of aryl methyl sites for hydroxylation is 2. The summed E-state index contributed by atoms with van der Waals surface area (Å²) >= 11 is 0. The van der Waals surface area contributed by atoms with Gasteiger partial charge in [0.25, 0.3) is 11.8 Å². The van der Waals surface area contributed by atoms with E-state index in [4.69, 9.17) is 4.74 Å². The van der Waals surface area contributed by atoms with E-state index in [-0.39, 0.29) is 23.6 Å². The van der Waals surface area contributed by atoms with Crippen molar-refractivity contribution in [1.29, 1.82) is 0 Å². The second kappa shape index (κ2) is 10.6. The number of hydrogen-bond donors (Lipinski definition) is 1. The smallest absolute Gasteiger partial charge is 0.294 e. The van der Waals surface area contributed by atoms with Crippen LogP contribution < -0.4 is 15.0 Å². The summed E-state index contributed by atoms with van der Waals surface area (Å²) in [6.07, 6.45) is 4.79. The number of ether oxygens (including phenoxy) is 1. The Kier molecular flexibility index (Phi) is 6.72. The fourth-order valence-corrected chi connectivity index (χ4v) is 5.44. The molecule has 194 valence electrons. The Hall–Kier alpha value is -4.64. The molecular weight excluding hydrogens is 484 g/mol. The Bertz CT molecular complexity index is 1570. The lowest BCUT2D eigenvalue weighted by atomic mass is 9.87. The van der Waals surface area contributed by atoms with Crippen LogP contribution in [0, 0.1) is 6.92 Å². The SMILES string of the molecule is Cc1cccc(CN2C(=O)/C(=C\c3ccc(C(=O)N[C@H]4CCCc5ccccc54)cc3)Oc3ccccc32)c1. The monoisotopic (exact) mass is 514 g/mol. The number of nitrogens with zero attached hydrogens (tertiary/aromatic N) is 1. The molecule has 1 atom stereocenters. The molecule has 0 radical (unpaired) electrons. The van der Waals surface area contributed by atoms with Crippen molar-refractivity contribution in [3.63, 3.8) is 0 Å². The Morgan fingerprint density at radius 3 is 2.62 bits per heavy atom. The molecule has 4 aromatic carbocycles. The van der Waals surface area contributed by atoms with Gasteiger partial charge in [0.1, 0.15) is 0 Å². The number of rotatable bonds is 5. The number of benzene rings is 4. The van der Waals surface area contributed by atoms with Crippen molar-refractivity contribution in [3.05, 3.63) is 136 Å². The van der Waals surface area contributed by atoms with E-state index in [0.29, 0.717) is 17.9 Å². The summed E-state index contributed by atoms with van der Waals surface area (Å²) in [5.74, 6) is 0.587. The molecule has 0 spiro atoms. The maximum atomic E-state index is 13.5. The van der Waals surface area contributed by atoms with E-state index < -0.39 is 0 Å². The molecular formula is C34H30N2O3. The molecule has 1 aliphatic carbocycles. The minimum Gasteiger partial charge on any atom is -0.449 e. The van der Waals surface area contributed by atoms with Crippen molar-refractivity contribution in [1.82, 2.24) is 5.32 Å². The first-order valence-electron chi connectivity index (χ1n) is 13.4. The van der Waals surface area contributed by atoms with Gasteiger partial charge < -0.3 is 10.1 Å². The maximum Gasteiger partial charge on any atom is 0.294 e. The first-order chi connectivity index (χ1) is 19.0. The number of para-hydroxylation sites is 2. The Balaban J connectivity index is 1.21. The van der Waals surface area contributed by atoms with Gasteiger partial charge in [-0.25, -0.2) is 0 Å². The first-order valence-corrected chi connectivity index (χ1v) is 13.4. The van der Waals surface area contributed by atoms with Crippen LogP contribution in [0.1, 0.15) is 57.1 Å². The van der Waals surface area contributed by atoms with E-state index in [2.05, 4.69) is 29.6 Å². The highest BCUT2D eigenvalue weighted by molar-refractivity contribution is 6.09. The second-order valence-corrected chi connectivity index (χ2v) is 10.2. The third-order valence-electron chi connectivity index (χ3n) is 7.40. The van der Waals surface area contributed by atoms with Crippen LogP contribution in [-0.2, 0) is 17.8 Å². The van der Waals surface area contributed by atoms with E-state index in [1.54, 1.807) is 23.1 Å². The van der Waals surface area contributed by atoms with E-state index in [0.717, 1.165) is 41.6 Å². The van der Waals surface area contributed by atoms with Gasteiger partial charge in [-0.3, -0.25) is 14.5 Å². The van der Waals surface area contributed by atoms with E-state index in [9.17, 15) is 9.59 Å². The number of fused-ring (bicyclic) bond motifs is 2. The van der Waals surface area contributed by atoms with Gasteiger partial charge in [0.05, 0.1) is 18.3 Å². The van der Waals surface area contributed by atoms with Gasteiger partial charge in [-0.2, -0.15) is 0 Å². The summed E-state index contributed by atoms with van der Waals surface area (Å²) in [5, 5.41) is 3.20. The van der Waals surface area contributed by atoms with Crippen molar-refractivity contribution >= 4 is 23.6 Å². The normalized spacial score (nSPS) is 17.3. The molecule has 1 heterocycles. The highest BCUT2D eigenvalue weighted by Crippen LogP contribution is 2.36. The highest BCUT2D eigenvalue weighted by Gasteiger charge is 2.30. The van der Waals surface area contributed by atoms with Gasteiger partial charge in [-0.15, -0.1) is 0 Å². The van der Waals surface area contributed by atoms with Crippen LogP contribution in [-0.4, -0.2) is 11.8 Å². The van der Waals surface area contributed by atoms with E-state index in [1.807, 2.05) is 67.6 Å². The average Bonchev–Trinajstić information content (AvgIpc) is 2.96. The maximum absolute atomic E-state index is 13.5. The van der Waals surface area contributed by atoms with E-state index in [1.165, 1.54) is 11.1 Å². The molecule has 5 heteroatoms. The molecule has 0 saturated heterocycles. The zero-order valence-electron chi connectivity index (χ0n) is 21.9. The minimum absolute atomic E-state index is 0.0250. The van der Waals surface area contributed by atoms with Crippen molar-refractivity contribution in [2.45, 2.75) is 38.8 Å². The molecule has 1 aliphatic heterocycles. The standard InChI is InChI=1S/C34H30N2O3/c1-23-8-6-9-25(20-23)22-36-30-14-4-5-15-31(30)39-32(34(36)38)21-24-16-18-27(19-17-24)33(37)35-29-13-7-11-26-10-2-3-12-28(26)29/h2-6,8-10,12,14-21,29H,7,11,13,22H2,1H3,(H,35,37)/b32-21+/t29-/m0/s1. The number of anilines is 1. The molecule has 0 unspecified atom stereocenters. The van der Waals surface area contributed by atoms with Crippen molar-refractivity contribution in [2.75, 3.05) is 4.90 Å². The number of amides is 2. The molecule has 1 N–H and O–H groups in total. The zero-order valence-corrected chi connectivity index (χ0v) is 21.9. The third kappa shape index (κ3) is 5.21. The number of carbonyl (C=O) groups is 2. The van der Waals surface area contributed by atoms with Gasteiger partial charge >= 0.3 is 0 Å². The highest BCUT2D eigenvalue weighted by atomic mass is 16.5. The predicted molar refractivity (Wildman–Crippen MR) is 153 cm³/mol. The van der Waals surface area contributed by atoms with Gasteiger partial charge in [0, 0.05) is 5.56 Å². The lowest BCUT2D eigenvalue weighted by Crippen LogP contribution is -2.36. The van der Waals surface area contributed by atoms with Crippen LogP contribution in [0.25, 0.3) is 6.08 Å². The van der Waals surface area contributed by atoms with Gasteiger partial charge in [0.2, 0.25) is 0 Å². The fourth-order valence-electron chi connectivity index (χ4n) is 5.44. The van der Waals surface area contributed by atoms with Crippen LogP contribution in [0.15, 0.2) is 103 Å². The third-order valence-corrected chi connectivity index (χ3v) is 7.40. The van der Waals surface area contributed by atoms with Crippen molar-refractivity contribution in [2.24, 2.45) is 0 Å². The molecule has 0 fully saturated rings. The molecule has 2 aliphatic rings. The summed E-state index contributed by atoms with van der Waals surface area (Å²) in [4.78, 5) is 28.3. The number of nitrogens with one attached hydrogen (secondary N) is 1. The molecule has 0 bridgehead atoms. The first kappa shape index (κ1) is 24.7. The summed E-state index contributed by atoms with van der Waals surface area (Å²) in [5.41, 5.74) is 6.84. The van der Waals surface area contributed by atoms with Crippen LogP contribution in [0.4, 0.5) is 5.69 Å². The largest absolute Gasteiger partial charge is 0.449 e. The average molecular weight is 515 g/mol. The summed E-state index contributed by atoms with van der Waals surface area (Å²) in [6, 6.07) is 31.4. The Morgan fingerprint density at radius 2 is 1.77 bits per heavy atom. The van der Waals surface area contributed by atoms with Crippen molar-refractivity contribution < 1.29 is 14.3 Å². The van der Waals surface area contributed by atoms with Crippen LogP contribution >= 0.6 is 0 Å². The Morgan fingerprint density at radius 1 is 0.974 bits per heavy atom. The minimum atomic E-state index is -0.201. The summed E-state index contributed by atoms with van der Waals surface area (Å²) in [6.45, 7) is 2.49. The van der Waals surface area contributed by atoms with Crippen LogP contribution in [0.2, 0.25) is 0 Å². The molecule has 5 nitrogen and oxygen atoms in total. The van der Waals surface area contributed by atoms with Crippen molar-refractivity contribution in [3.8, 4) is 5.75 Å². The molecule has 2 amide bonds. The molecule has 6 rings (SSSR count). The molecule has 0 saturated carbocycles. The number of carbonyl (C=O) groups excluding carboxylic acids is 2. The predicted octanol–water partition coefficient (Wildman–Crippen LogP) is 6.77.